The van der Waals surface area contributed by atoms with Crippen LogP contribution in [0.25, 0.3) is 28.1 Å². The van der Waals surface area contributed by atoms with E-state index in [-0.39, 0.29) is 34.0 Å². The van der Waals surface area contributed by atoms with Gasteiger partial charge in [-0.15, -0.1) is 0 Å². The van der Waals surface area contributed by atoms with Crippen LogP contribution in [0.1, 0.15) is 31.5 Å². The smallest absolute Gasteiger partial charge is 0.348 e. The van der Waals surface area contributed by atoms with Crippen molar-refractivity contribution in [2.45, 2.75) is 39.7 Å². The Labute approximate surface area is 236 Å². The highest BCUT2D eigenvalue weighted by molar-refractivity contribution is 6.32. The van der Waals surface area contributed by atoms with E-state index in [1.807, 2.05) is 31.7 Å². The maximum Gasteiger partial charge on any atom is 0.356 e. The van der Waals surface area contributed by atoms with Crippen LogP contribution in [0.15, 0.2) is 54.0 Å². The summed E-state index contributed by atoms with van der Waals surface area (Å²) in [6.45, 7) is 10.7. The molecule has 1 aliphatic heterocycles. The van der Waals surface area contributed by atoms with Crippen LogP contribution in [0.3, 0.4) is 0 Å². The molecule has 0 spiro atoms. The molecule has 11 heteroatoms. The summed E-state index contributed by atoms with van der Waals surface area (Å²) in [7, 11) is 0. The summed E-state index contributed by atoms with van der Waals surface area (Å²) in [5.41, 5.74) is 2.31. The molecule has 4 aromatic rings. The minimum atomic E-state index is -0.566. The van der Waals surface area contributed by atoms with Gasteiger partial charge >= 0.3 is 5.69 Å². The van der Waals surface area contributed by atoms with Gasteiger partial charge in [0.1, 0.15) is 11.5 Å². The lowest BCUT2D eigenvalue weighted by molar-refractivity contribution is -0.126. The molecule has 1 amide bonds. The van der Waals surface area contributed by atoms with E-state index in [0.29, 0.717) is 43.1 Å². The van der Waals surface area contributed by atoms with Crippen LogP contribution < -0.4 is 10.6 Å². The van der Waals surface area contributed by atoms with Gasteiger partial charge < -0.3 is 9.80 Å². The fourth-order valence-corrected chi connectivity index (χ4v) is 5.38. The lowest BCUT2D eigenvalue weighted by Crippen LogP contribution is -2.54. The first kappa shape index (κ1) is 27.4. The number of pyridine rings is 1. The Morgan fingerprint density at radius 3 is 2.67 bits per heavy atom. The first-order valence-corrected chi connectivity index (χ1v) is 13.5. The number of amides is 1. The third-order valence-corrected chi connectivity index (χ3v) is 7.34. The van der Waals surface area contributed by atoms with E-state index in [4.69, 9.17) is 16.6 Å². The van der Waals surface area contributed by atoms with E-state index in [1.54, 1.807) is 29.3 Å². The Balaban J connectivity index is 1.80. The zero-order valence-corrected chi connectivity index (χ0v) is 23.3. The molecule has 3 aromatic heterocycles. The summed E-state index contributed by atoms with van der Waals surface area (Å²) >= 11 is 6.64. The first-order valence-electron chi connectivity index (χ1n) is 13.1. The Hall–Kier alpha value is -4.18. The number of piperazine rings is 1. The van der Waals surface area contributed by atoms with Crippen molar-refractivity contribution in [1.29, 1.82) is 0 Å². The molecule has 206 valence electrons. The van der Waals surface area contributed by atoms with Gasteiger partial charge in [-0.3, -0.25) is 9.78 Å². The van der Waals surface area contributed by atoms with Gasteiger partial charge in [0.25, 0.3) is 0 Å². The number of carbonyl (C=O) groups excluding carboxylic acids is 1. The molecule has 0 unspecified atom stereocenters. The number of hydrogen-bond acceptors (Lipinski definition) is 7. The summed E-state index contributed by atoms with van der Waals surface area (Å²) in [6, 6.07) is 7.77. The number of aromatic nitrogens is 5. The number of fused-ring (bicyclic) bond motifs is 1. The second-order valence-corrected chi connectivity index (χ2v) is 10.1. The summed E-state index contributed by atoms with van der Waals surface area (Å²) in [4.78, 5) is 48.2. The second-order valence-electron chi connectivity index (χ2n) is 9.77. The van der Waals surface area contributed by atoms with Gasteiger partial charge in [-0.25, -0.2) is 23.7 Å². The SMILES string of the molecule is C=CC(=O)N1CCN(c2nc(=O)n(-c3c(C)ccnc3CCC)c3nc(-c4ccccc4F)c(Cl)nc23)[C@@H](C)C1. The molecule has 0 radical (unpaired) electrons. The van der Waals surface area contributed by atoms with E-state index >= 15 is 0 Å². The van der Waals surface area contributed by atoms with Crippen LogP contribution in [0.5, 0.6) is 0 Å². The third kappa shape index (κ3) is 4.83. The van der Waals surface area contributed by atoms with Gasteiger partial charge in [0.15, 0.2) is 22.1 Å². The highest BCUT2D eigenvalue weighted by Gasteiger charge is 2.31. The van der Waals surface area contributed by atoms with Gasteiger partial charge in [0.2, 0.25) is 5.91 Å². The van der Waals surface area contributed by atoms with E-state index in [9.17, 15) is 14.0 Å². The van der Waals surface area contributed by atoms with Crippen molar-refractivity contribution in [2.75, 3.05) is 24.5 Å². The Bertz CT molecular complexity index is 1690. The lowest BCUT2D eigenvalue weighted by atomic mass is 10.1. The lowest BCUT2D eigenvalue weighted by Gasteiger charge is -2.40. The van der Waals surface area contributed by atoms with Crippen LogP contribution in [-0.4, -0.2) is 61.0 Å². The van der Waals surface area contributed by atoms with Crippen LogP contribution in [0.4, 0.5) is 10.2 Å². The molecular formula is C29H29ClFN7O2. The Morgan fingerprint density at radius 2 is 1.98 bits per heavy atom. The van der Waals surface area contributed by atoms with Crippen LogP contribution in [0.2, 0.25) is 5.15 Å². The zero-order chi connectivity index (χ0) is 28.6. The molecule has 1 atom stereocenters. The molecule has 4 heterocycles. The van der Waals surface area contributed by atoms with Crippen molar-refractivity contribution in [3.8, 4) is 16.9 Å². The molecule has 1 saturated heterocycles. The molecule has 9 nitrogen and oxygen atoms in total. The van der Waals surface area contributed by atoms with Crippen LogP contribution >= 0.6 is 11.6 Å². The Kier molecular flexibility index (Phi) is 7.62. The predicted octanol–water partition coefficient (Wildman–Crippen LogP) is 4.51. The van der Waals surface area contributed by atoms with Crippen molar-refractivity contribution >= 4 is 34.5 Å². The van der Waals surface area contributed by atoms with E-state index in [0.717, 1.165) is 17.7 Å². The quantitative estimate of drug-likeness (QED) is 0.319. The number of benzene rings is 1. The normalized spacial score (nSPS) is 15.5. The van der Waals surface area contributed by atoms with Gasteiger partial charge in [-0.1, -0.05) is 43.7 Å². The summed E-state index contributed by atoms with van der Waals surface area (Å²) < 4.78 is 16.3. The van der Waals surface area contributed by atoms with E-state index < -0.39 is 11.5 Å². The van der Waals surface area contributed by atoms with E-state index in [1.165, 1.54) is 16.7 Å². The fraction of sp³-hybridized carbons (Fsp3) is 0.310. The van der Waals surface area contributed by atoms with E-state index in [2.05, 4.69) is 21.5 Å². The average molecular weight is 562 g/mol. The number of rotatable bonds is 6. The highest BCUT2D eigenvalue weighted by Crippen LogP contribution is 2.33. The summed E-state index contributed by atoms with van der Waals surface area (Å²) in [5, 5.41) is -0.0179. The molecule has 1 fully saturated rings. The first-order chi connectivity index (χ1) is 19.2. The van der Waals surface area contributed by atoms with Gasteiger partial charge in [-0.2, -0.15) is 4.98 Å². The monoisotopic (exact) mass is 561 g/mol. The van der Waals surface area contributed by atoms with Gasteiger partial charge in [0.05, 0.1) is 11.4 Å². The van der Waals surface area contributed by atoms with Gasteiger partial charge in [-0.05, 0) is 50.1 Å². The maximum absolute atomic E-state index is 14.9. The molecule has 1 aliphatic rings. The number of nitrogens with zero attached hydrogens (tertiary/aromatic N) is 7. The minimum Gasteiger partial charge on any atom is -0.348 e. The van der Waals surface area contributed by atoms with Crippen molar-refractivity contribution in [1.82, 2.24) is 29.4 Å². The average Bonchev–Trinajstić information content (AvgIpc) is 2.94. The molecule has 0 saturated carbocycles. The van der Waals surface area contributed by atoms with Crippen molar-refractivity contribution in [3.63, 3.8) is 0 Å². The van der Waals surface area contributed by atoms with Crippen molar-refractivity contribution < 1.29 is 9.18 Å². The van der Waals surface area contributed by atoms with Crippen molar-refractivity contribution in [3.05, 3.63) is 81.9 Å². The molecule has 0 bridgehead atoms. The Morgan fingerprint density at radius 1 is 1.20 bits per heavy atom. The molecule has 0 N–H and O–H groups in total. The van der Waals surface area contributed by atoms with Crippen LogP contribution in [0, 0.1) is 12.7 Å². The fourth-order valence-electron chi connectivity index (χ4n) is 5.16. The number of hydrogen-bond donors (Lipinski definition) is 0. The molecular weight excluding hydrogens is 533 g/mol. The van der Waals surface area contributed by atoms with Gasteiger partial charge in [0, 0.05) is 37.4 Å². The highest BCUT2D eigenvalue weighted by atomic mass is 35.5. The molecule has 5 rings (SSSR count). The van der Waals surface area contributed by atoms with Crippen molar-refractivity contribution in [2.24, 2.45) is 0 Å². The second kappa shape index (κ2) is 11.1. The summed E-state index contributed by atoms with van der Waals surface area (Å²) in [6.07, 6.45) is 4.43. The minimum absolute atomic E-state index is 0.0179. The molecule has 40 heavy (non-hydrogen) atoms. The standard InChI is InChI=1S/C29H29ClFN7O2/c1-5-9-21-25(17(3)12-13-32-21)38-28-24(33-26(30)23(34-28)19-10-7-8-11-20(19)31)27(35-29(38)40)37-15-14-36(16-18(37)4)22(39)6-2/h6-8,10-13,18H,2,5,9,14-16H2,1,3-4H3/t18-/m0/s1. The molecule has 1 aromatic carbocycles. The number of carbonyl (C=O) groups is 1. The topological polar surface area (TPSA) is 97.1 Å². The number of aryl methyl sites for hydroxylation is 2. The van der Waals surface area contributed by atoms with Crippen LogP contribution in [-0.2, 0) is 11.2 Å². The largest absolute Gasteiger partial charge is 0.356 e. The molecule has 0 aliphatic carbocycles. The number of halogens is 2. The zero-order valence-electron chi connectivity index (χ0n) is 22.6. The maximum atomic E-state index is 14.9. The number of anilines is 1. The predicted molar refractivity (Wildman–Crippen MR) is 153 cm³/mol. The summed E-state index contributed by atoms with van der Waals surface area (Å²) in [5.74, 6) is -0.364. The third-order valence-electron chi connectivity index (χ3n) is 7.08.